The lowest BCUT2D eigenvalue weighted by Crippen LogP contribution is -2.41. The van der Waals surface area contributed by atoms with Crippen molar-refractivity contribution in [3.05, 3.63) is 24.3 Å². The molecule has 1 unspecified atom stereocenters. The standard InChI is InChI=1S/C20H34N4O2/c1-5-21-20(22-15-17-7-6-12-23(2)16-17)24(3)13-14-26-19-10-8-18(25-4)9-11-19/h8-11,17H,5-7,12-16H2,1-4H3,(H,21,22). The molecule has 0 spiro atoms. The van der Waals surface area contributed by atoms with E-state index >= 15 is 0 Å². The fraction of sp³-hybridized carbons (Fsp3) is 0.650. The first kappa shape index (κ1) is 20.4. The highest BCUT2D eigenvalue weighted by molar-refractivity contribution is 5.79. The molecule has 1 aliphatic heterocycles. The largest absolute Gasteiger partial charge is 0.497 e. The Kier molecular flexibility index (Phi) is 8.54. The highest BCUT2D eigenvalue weighted by atomic mass is 16.5. The fourth-order valence-corrected chi connectivity index (χ4v) is 3.19. The van der Waals surface area contributed by atoms with Crippen molar-refractivity contribution in [1.82, 2.24) is 15.1 Å². The van der Waals surface area contributed by atoms with Crippen LogP contribution in [0.4, 0.5) is 0 Å². The average Bonchev–Trinajstić information content (AvgIpc) is 2.65. The Hall–Kier alpha value is -1.95. The fourth-order valence-electron chi connectivity index (χ4n) is 3.19. The van der Waals surface area contributed by atoms with Gasteiger partial charge in [-0.05, 0) is 63.5 Å². The molecule has 1 heterocycles. The summed E-state index contributed by atoms with van der Waals surface area (Å²) in [7, 11) is 5.92. The monoisotopic (exact) mass is 362 g/mol. The topological polar surface area (TPSA) is 49.3 Å². The molecule has 26 heavy (non-hydrogen) atoms. The number of benzene rings is 1. The molecule has 1 aromatic rings. The first-order valence-corrected chi connectivity index (χ1v) is 9.57. The van der Waals surface area contributed by atoms with Crippen molar-refractivity contribution in [3.63, 3.8) is 0 Å². The van der Waals surface area contributed by atoms with E-state index < -0.39 is 0 Å². The molecule has 0 bridgehead atoms. The number of likely N-dealkylation sites (N-methyl/N-ethyl adjacent to an activating group) is 1. The van der Waals surface area contributed by atoms with Crippen molar-refractivity contribution < 1.29 is 9.47 Å². The van der Waals surface area contributed by atoms with E-state index in [2.05, 4.69) is 36.1 Å². The summed E-state index contributed by atoms with van der Waals surface area (Å²) in [6.45, 7) is 7.60. The minimum absolute atomic E-state index is 0.611. The van der Waals surface area contributed by atoms with E-state index in [9.17, 15) is 0 Å². The number of methoxy groups -OCH3 is 1. The van der Waals surface area contributed by atoms with Gasteiger partial charge < -0.3 is 24.6 Å². The van der Waals surface area contributed by atoms with Gasteiger partial charge in [0.2, 0.25) is 0 Å². The van der Waals surface area contributed by atoms with Crippen molar-refractivity contribution in [2.75, 3.05) is 60.5 Å². The summed E-state index contributed by atoms with van der Waals surface area (Å²) in [5, 5.41) is 3.39. The molecule has 1 fully saturated rings. The Bertz CT molecular complexity index is 547. The summed E-state index contributed by atoms with van der Waals surface area (Å²) in [4.78, 5) is 9.40. The molecule has 1 saturated heterocycles. The van der Waals surface area contributed by atoms with Crippen LogP contribution in [-0.4, -0.2) is 76.3 Å². The Morgan fingerprint density at radius 3 is 2.69 bits per heavy atom. The Balaban J connectivity index is 1.80. The molecule has 0 amide bonds. The number of guanidine groups is 1. The molecule has 0 aliphatic carbocycles. The lowest BCUT2D eigenvalue weighted by molar-refractivity contribution is 0.214. The predicted octanol–water partition coefficient (Wildman–Crippen LogP) is 2.31. The summed E-state index contributed by atoms with van der Waals surface area (Å²) in [5.74, 6) is 3.31. The van der Waals surface area contributed by atoms with Gasteiger partial charge in [0, 0.05) is 26.7 Å². The van der Waals surface area contributed by atoms with Crippen LogP contribution < -0.4 is 14.8 Å². The van der Waals surface area contributed by atoms with Gasteiger partial charge in [-0.1, -0.05) is 0 Å². The number of nitrogens with zero attached hydrogens (tertiary/aromatic N) is 3. The molecule has 0 radical (unpaired) electrons. The van der Waals surface area contributed by atoms with Crippen molar-refractivity contribution in [1.29, 1.82) is 0 Å². The second-order valence-corrected chi connectivity index (χ2v) is 6.91. The maximum atomic E-state index is 5.83. The summed E-state index contributed by atoms with van der Waals surface area (Å²) in [6, 6.07) is 7.67. The van der Waals surface area contributed by atoms with Crippen molar-refractivity contribution in [2.45, 2.75) is 19.8 Å². The van der Waals surface area contributed by atoms with Crippen LogP contribution in [0.2, 0.25) is 0 Å². The second kappa shape index (κ2) is 10.9. The van der Waals surface area contributed by atoms with Crippen molar-refractivity contribution in [3.8, 4) is 11.5 Å². The molecule has 0 aromatic heterocycles. The summed E-state index contributed by atoms with van der Waals surface area (Å²) < 4.78 is 11.0. The van der Waals surface area contributed by atoms with Gasteiger partial charge in [-0.15, -0.1) is 0 Å². The van der Waals surface area contributed by atoms with Crippen LogP contribution in [0.3, 0.4) is 0 Å². The molecule has 6 heteroatoms. The summed E-state index contributed by atoms with van der Waals surface area (Å²) in [6.07, 6.45) is 2.55. The molecule has 146 valence electrons. The number of nitrogens with one attached hydrogen (secondary N) is 1. The van der Waals surface area contributed by atoms with E-state index in [4.69, 9.17) is 14.5 Å². The Morgan fingerprint density at radius 2 is 2.04 bits per heavy atom. The van der Waals surface area contributed by atoms with E-state index in [0.717, 1.165) is 43.6 Å². The SMILES string of the molecule is CCNC(=NCC1CCCN(C)C1)N(C)CCOc1ccc(OC)cc1. The van der Waals surface area contributed by atoms with Gasteiger partial charge in [-0.25, -0.2) is 0 Å². The zero-order valence-corrected chi connectivity index (χ0v) is 16.7. The van der Waals surface area contributed by atoms with Gasteiger partial charge in [0.05, 0.1) is 13.7 Å². The highest BCUT2D eigenvalue weighted by Crippen LogP contribution is 2.17. The van der Waals surface area contributed by atoms with E-state index in [1.165, 1.54) is 19.4 Å². The number of rotatable bonds is 8. The summed E-state index contributed by atoms with van der Waals surface area (Å²) >= 11 is 0. The number of likely N-dealkylation sites (tertiary alicyclic amines) is 1. The molecule has 6 nitrogen and oxygen atoms in total. The zero-order valence-electron chi connectivity index (χ0n) is 16.7. The van der Waals surface area contributed by atoms with Crippen LogP contribution in [0, 0.1) is 5.92 Å². The smallest absolute Gasteiger partial charge is 0.193 e. The molecular formula is C20H34N4O2. The predicted molar refractivity (Wildman–Crippen MR) is 107 cm³/mol. The number of hydrogen-bond donors (Lipinski definition) is 1. The average molecular weight is 363 g/mol. The third kappa shape index (κ3) is 6.75. The molecule has 1 aliphatic rings. The number of piperidine rings is 1. The van der Waals surface area contributed by atoms with Crippen LogP contribution in [0.1, 0.15) is 19.8 Å². The minimum Gasteiger partial charge on any atom is -0.497 e. The molecule has 1 atom stereocenters. The van der Waals surface area contributed by atoms with Crippen LogP contribution in [0.15, 0.2) is 29.3 Å². The normalized spacial score (nSPS) is 18.5. The van der Waals surface area contributed by atoms with Gasteiger partial charge in [-0.2, -0.15) is 0 Å². The van der Waals surface area contributed by atoms with Crippen LogP contribution in [0.5, 0.6) is 11.5 Å². The third-order valence-corrected chi connectivity index (χ3v) is 4.67. The van der Waals surface area contributed by atoms with Crippen LogP contribution in [0.25, 0.3) is 0 Å². The van der Waals surface area contributed by atoms with E-state index in [-0.39, 0.29) is 0 Å². The third-order valence-electron chi connectivity index (χ3n) is 4.67. The van der Waals surface area contributed by atoms with Crippen LogP contribution >= 0.6 is 0 Å². The van der Waals surface area contributed by atoms with E-state index in [1.54, 1.807) is 7.11 Å². The van der Waals surface area contributed by atoms with Crippen LogP contribution in [-0.2, 0) is 0 Å². The number of aliphatic imine (C=N–C) groups is 1. The minimum atomic E-state index is 0.611. The molecule has 1 aromatic carbocycles. The first-order chi connectivity index (χ1) is 12.6. The molecule has 0 saturated carbocycles. The van der Waals surface area contributed by atoms with Gasteiger partial charge in [-0.3, -0.25) is 4.99 Å². The maximum Gasteiger partial charge on any atom is 0.193 e. The Morgan fingerprint density at radius 1 is 1.31 bits per heavy atom. The van der Waals surface area contributed by atoms with Gasteiger partial charge in [0.15, 0.2) is 5.96 Å². The number of hydrogen-bond acceptors (Lipinski definition) is 4. The maximum absolute atomic E-state index is 5.83. The molecular weight excluding hydrogens is 328 g/mol. The van der Waals surface area contributed by atoms with Crippen molar-refractivity contribution in [2.24, 2.45) is 10.9 Å². The Labute approximate surface area is 158 Å². The van der Waals surface area contributed by atoms with E-state index in [1.807, 2.05) is 24.3 Å². The number of ether oxygens (including phenoxy) is 2. The second-order valence-electron chi connectivity index (χ2n) is 6.91. The van der Waals surface area contributed by atoms with Gasteiger partial charge >= 0.3 is 0 Å². The first-order valence-electron chi connectivity index (χ1n) is 9.57. The van der Waals surface area contributed by atoms with Gasteiger partial charge in [0.25, 0.3) is 0 Å². The van der Waals surface area contributed by atoms with Crippen molar-refractivity contribution >= 4 is 5.96 Å². The quantitative estimate of drug-likeness (QED) is 0.568. The lowest BCUT2D eigenvalue weighted by atomic mass is 9.99. The van der Waals surface area contributed by atoms with E-state index in [0.29, 0.717) is 12.5 Å². The van der Waals surface area contributed by atoms with Gasteiger partial charge in [0.1, 0.15) is 18.1 Å². The molecule has 2 rings (SSSR count). The molecule has 1 N–H and O–H groups in total. The lowest BCUT2D eigenvalue weighted by Gasteiger charge is -2.29. The summed E-state index contributed by atoms with van der Waals surface area (Å²) in [5.41, 5.74) is 0. The zero-order chi connectivity index (χ0) is 18.8. The highest BCUT2D eigenvalue weighted by Gasteiger charge is 2.17.